The monoisotopic (exact) mass is 313 g/mol. The normalized spacial score (nSPS) is 10.7. The number of aromatic nitrogens is 1. The number of hydrogen-bond acceptors (Lipinski definition) is 5. The van der Waals surface area contributed by atoms with E-state index in [-0.39, 0.29) is 24.1 Å². The molecule has 0 aliphatic rings. The molecule has 7 nitrogen and oxygen atoms in total. The lowest BCUT2D eigenvalue weighted by Crippen LogP contribution is -2.34. The van der Waals surface area contributed by atoms with Crippen molar-refractivity contribution >= 4 is 28.6 Å². The minimum absolute atomic E-state index is 0.0879. The van der Waals surface area contributed by atoms with Crippen LogP contribution in [0.3, 0.4) is 0 Å². The topological polar surface area (TPSA) is 88.6 Å². The molecule has 3 rings (SSSR count). The maximum absolute atomic E-state index is 12.1. The molecule has 118 valence electrons. The number of benzene rings is 1. The van der Waals surface area contributed by atoms with Crippen LogP contribution in [-0.2, 0) is 4.79 Å². The number of fused-ring (bicyclic) bond motifs is 1. The number of carbonyl (C=O) groups is 2. The Morgan fingerprint density at radius 3 is 2.87 bits per heavy atom. The van der Waals surface area contributed by atoms with Gasteiger partial charge in [-0.25, -0.2) is 4.98 Å². The Kier molecular flexibility index (Phi) is 3.84. The first-order valence-electron chi connectivity index (χ1n) is 6.99. The number of likely N-dealkylation sites (N-methyl/N-ethyl adjacent to an activating group) is 1. The van der Waals surface area contributed by atoms with Crippen molar-refractivity contribution in [1.29, 1.82) is 0 Å². The summed E-state index contributed by atoms with van der Waals surface area (Å²) < 4.78 is 10.4. The maximum Gasteiger partial charge on any atom is 0.289 e. The van der Waals surface area contributed by atoms with Gasteiger partial charge in [0, 0.05) is 19.7 Å². The third-order valence-corrected chi connectivity index (χ3v) is 3.24. The Bertz CT molecular complexity index is 851. The summed E-state index contributed by atoms with van der Waals surface area (Å²) in [5.41, 5.74) is 1.92. The molecule has 0 saturated heterocycles. The summed E-state index contributed by atoms with van der Waals surface area (Å²) in [4.78, 5) is 29.6. The van der Waals surface area contributed by atoms with E-state index in [0.29, 0.717) is 22.7 Å². The van der Waals surface area contributed by atoms with Crippen LogP contribution >= 0.6 is 0 Å². The van der Waals surface area contributed by atoms with Gasteiger partial charge in [-0.05, 0) is 30.3 Å². The minimum Gasteiger partial charge on any atom is -0.459 e. The number of aryl methyl sites for hydroxylation is 1. The molecule has 2 aromatic heterocycles. The molecule has 2 amide bonds. The van der Waals surface area contributed by atoms with E-state index in [1.807, 2.05) is 0 Å². The predicted octanol–water partition coefficient (Wildman–Crippen LogP) is 2.44. The standard InChI is InChI=1S/C16H15N3O4/c1-10-17-12-8-11(5-6-13(12)23-10)18-15(20)9-19(2)16(21)14-4-3-7-22-14/h3-8H,9H2,1-2H3,(H,18,20). The summed E-state index contributed by atoms with van der Waals surface area (Å²) in [6.07, 6.45) is 1.41. The molecule has 0 aliphatic heterocycles. The van der Waals surface area contributed by atoms with Gasteiger partial charge in [-0.15, -0.1) is 0 Å². The Labute approximate surface area is 131 Å². The first kappa shape index (κ1) is 14.8. The molecule has 23 heavy (non-hydrogen) atoms. The molecule has 0 aliphatic carbocycles. The van der Waals surface area contributed by atoms with Crippen LogP contribution in [-0.4, -0.2) is 35.3 Å². The number of furan rings is 1. The molecule has 0 bridgehead atoms. The Morgan fingerprint density at radius 1 is 1.30 bits per heavy atom. The number of rotatable bonds is 4. The average Bonchev–Trinajstić information content (AvgIpc) is 3.14. The first-order chi connectivity index (χ1) is 11.0. The van der Waals surface area contributed by atoms with Crippen LogP contribution in [0.2, 0.25) is 0 Å². The third kappa shape index (κ3) is 3.23. The lowest BCUT2D eigenvalue weighted by molar-refractivity contribution is -0.116. The number of carbonyl (C=O) groups excluding carboxylic acids is 2. The van der Waals surface area contributed by atoms with Crippen LogP contribution in [0.1, 0.15) is 16.4 Å². The quantitative estimate of drug-likeness (QED) is 0.799. The summed E-state index contributed by atoms with van der Waals surface area (Å²) in [6.45, 7) is 1.67. The Balaban J connectivity index is 1.64. The van der Waals surface area contributed by atoms with Crippen LogP contribution in [0.5, 0.6) is 0 Å². The predicted molar refractivity (Wildman–Crippen MR) is 83.0 cm³/mol. The van der Waals surface area contributed by atoms with Crippen LogP contribution < -0.4 is 5.32 Å². The SMILES string of the molecule is Cc1nc2cc(NC(=O)CN(C)C(=O)c3ccco3)ccc2o1. The second kappa shape index (κ2) is 5.96. The van der Waals surface area contributed by atoms with Crippen molar-refractivity contribution in [3.8, 4) is 0 Å². The number of oxazole rings is 1. The molecular formula is C16H15N3O4. The molecule has 0 atom stereocenters. The average molecular weight is 313 g/mol. The molecule has 1 aromatic carbocycles. The van der Waals surface area contributed by atoms with Crippen LogP contribution in [0.25, 0.3) is 11.1 Å². The number of hydrogen-bond donors (Lipinski definition) is 1. The van der Waals surface area contributed by atoms with Gasteiger partial charge in [-0.1, -0.05) is 0 Å². The second-order valence-electron chi connectivity index (χ2n) is 5.10. The fourth-order valence-corrected chi connectivity index (χ4v) is 2.20. The van der Waals surface area contributed by atoms with Crippen LogP contribution in [0.15, 0.2) is 45.4 Å². The fourth-order valence-electron chi connectivity index (χ4n) is 2.20. The van der Waals surface area contributed by atoms with Gasteiger partial charge in [0.25, 0.3) is 5.91 Å². The zero-order valence-electron chi connectivity index (χ0n) is 12.7. The highest BCUT2D eigenvalue weighted by molar-refractivity contribution is 5.98. The van der Waals surface area contributed by atoms with Crippen molar-refractivity contribution in [2.45, 2.75) is 6.92 Å². The van der Waals surface area contributed by atoms with E-state index in [1.165, 1.54) is 18.2 Å². The van der Waals surface area contributed by atoms with E-state index in [9.17, 15) is 9.59 Å². The summed E-state index contributed by atoms with van der Waals surface area (Å²) in [7, 11) is 1.54. The first-order valence-corrected chi connectivity index (χ1v) is 6.99. The lowest BCUT2D eigenvalue weighted by atomic mass is 10.3. The van der Waals surface area contributed by atoms with Crippen LogP contribution in [0.4, 0.5) is 5.69 Å². The largest absolute Gasteiger partial charge is 0.459 e. The highest BCUT2D eigenvalue weighted by Crippen LogP contribution is 2.19. The van der Waals surface area contributed by atoms with Crippen molar-refractivity contribution in [2.75, 3.05) is 18.9 Å². The number of anilines is 1. The van der Waals surface area contributed by atoms with Crippen molar-refractivity contribution < 1.29 is 18.4 Å². The second-order valence-corrected chi connectivity index (χ2v) is 5.10. The van der Waals surface area contributed by atoms with Gasteiger partial charge in [-0.3, -0.25) is 9.59 Å². The van der Waals surface area contributed by atoms with Gasteiger partial charge in [0.2, 0.25) is 5.91 Å². The number of nitrogens with one attached hydrogen (secondary N) is 1. The van der Waals surface area contributed by atoms with E-state index in [0.717, 1.165) is 0 Å². The zero-order valence-corrected chi connectivity index (χ0v) is 12.7. The van der Waals surface area contributed by atoms with Gasteiger partial charge < -0.3 is 19.1 Å². The van der Waals surface area contributed by atoms with E-state index in [2.05, 4.69) is 10.3 Å². The molecule has 0 saturated carbocycles. The van der Waals surface area contributed by atoms with Gasteiger partial charge in [0.05, 0.1) is 12.8 Å². The van der Waals surface area contributed by atoms with Gasteiger partial charge in [0.15, 0.2) is 17.2 Å². The maximum atomic E-state index is 12.1. The molecule has 0 radical (unpaired) electrons. The summed E-state index contributed by atoms with van der Waals surface area (Å²) in [6, 6.07) is 8.35. The third-order valence-electron chi connectivity index (χ3n) is 3.24. The number of nitrogens with zero attached hydrogens (tertiary/aromatic N) is 2. The van der Waals surface area contributed by atoms with E-state index in [4.69, 9.17) is 8.83 Å². The summed E-state index contributed by atoms with van der Waals surface area (Å²) in [5.74, 6) is 0.0896. The molecule has 3 aromatic rings. The summed E-state index contributed by atoms with van der Waals surface area (Å²) >= 11 is 0. The van der Waals surface area contributed by atoms with Crippen molar-refractivity contribution in [3.05, 3.63) is 48.2 Å². The molecule has 2 heterocycles. The van der Waals surface area contributed by atoms with E-state index < -0.39 is 0 Å². The summed E-state index contributed by atoms with van der Waals surface area (Å²) in [5, 5.41) is 2.73. The van der Waals surface area contributed by atoms with Gasteiger partial charge in [0.1, 0.15) is 5.52 Å². The van der Waals surface area contributed by atoms with Crippen molar-refractivity contribution in [3.63, 3.8) is 0 Å². The molecule has 7 heteroatoms. The minimum atomic E-state index is -0.354. The van der Waals surface area contributed by atoms with Crippen molar-refractivity contribution in [1.82, 2.24) is 9.88 Å². The molecule has 0 spiro atoms. The van der Waals surface area contributed by atoms with Crippen LogP contribution in [0, 0.1) is 6.92 Å². The molecular weight excluding hydrogens is 298 g/mol. The smallest absolute Gasteiger partial charge is 0.289 e. The fraction of sp³-hybridized carbons (Fsp3) is 0.188. The highest BCUT2D eigenvalue weighted by Gasteiger charge is 2.17. The van der Waals surface area contributed by atoms with E-state index in [1.54, 1.807) is 37.3 Å². The van der Waals surface area contributed by atoms with Crippen molar-refractivity contribution in [2.24, 2.45) is 0 Å². The molecule has 0 unspecified atom stereocenters. The number of amides is 2. The van der Waals surface area contributed by atoms with Gasteiger partial charge >= 0.3 is 0 Å². The zero-order chi connectivity index (χ0) is 16.4. The van der Waals surface area contributed by atoms with E-state index >= 15 is 0 Å². The Hall–Kier alpha value is -3.09. The molecule has 1 N–H and O–H groups in total. The van der Waals surface area contributed by atoms with Gasteiger partial charge in [-0.2, -0.15) is 0 Å². The molecule has 0 fully saturated rings. The lowest BCUT2D eigenvalue weighted by Gasteiger charge is -2.15. The Morgan fingerprint density at radius 2 is 2.13 bits per heavy atom. The highest BCUT2D eigenvalue weighted by atomic mass is 16.3.